The van der Waals surface area contributed by atoms with Crippen molar-refractivity contribution >= 4 is 17.6 Å². The summed E-state index contributed by atoms with van der Waals surface area (Å²) in [6.45, 7) is 4.50. The molecule has 3 aliphatic rings. The normalized spacial score (nSPS) is 24.1. The molecule has 30 heavy (non-hydrogen) atoms. The van der Waals surface area contributed by atoms with Crippen molar-refractivity contribution in [2.24, 2.45) is 5.41 Å². The Morgan fingerprint density at radius 3 is 2.27 bits per heavy atom. The maximum Gasteiger partial charge on any atom is 0.573 e. The van der Waals surface area contributed by atoms with E-state index in [0.717, 1.165) is 19.4 Å². The number of amides is 3. The van der Waals surface area contributed by atoms with Gasteiger partial charge in [0.25, 0.3) is 0 Å². The third kappa shape index (κ3) is 3.94. The predicted octanol–water partition coefficient (Wildman–Crippen LogP) is 4.01. The monoisotopic (exact) mass is 425 g/mol. The number of rotatable bonds is 2. The molecule has 3 amide bonds. The van der Waals surface area contributed by atoms with Crippen LogP contribution < -0.4 is 9.64 Å². The summed E-state index contributed by atoms with van der Waals surface area (Å²) >= 11 is 0. The molecule has 6 nitrogen and oxygen atoms in total. The van der Waals surface area contributed by atoms with Gasteiger partial charge in [-0.05, 0) is 63.3 Å². The van der Waals surface area contributed by atoms with E-state index in [1.54, 1.807) is 4.90 Å². The third-order valence-electron chi connectivity index (χ3n) is 6.68. The molecule has 164 valence electrons. The van der Waals surface area contributed by atoms with E-state index in [9.17, 15) is 22.8 Å². The zero-order valence-electron chi connectivity index (χ0n) is 17.0. The first-order valence-corrected chi connectivity index (χ1v) is 10.4. The van der Waals surface area contributed by atoms with E-state index in [4.69, 9.17) is 0 Å². The summed E-state index contributed by atoms with van der Waals surface area (Å²) in [6, 6.07) is 5.73. The molecule has 0 radical (unpaired) electrons. The molecule has 0 aliphatic carbocycles. The highest BCUT2D eigenvalue weighted by Crippen LogP contribution is 2.43. The molecule has 0 saturated carbocycles. The molecule has 1 unspecified atom stereocenters. The van der Waals surface area contributed by atoms with Crippen LogP contribution in [-0.4, -0.2) is 60.3 Å². The smallest absolute Gasteiger partial charge is 0.406 e. The van der Waals surface area contributed by atoms with Crippen molar-refractivity contribution < 1.29 is 27.5 Å². The van der Waals surface area contributed by atoms with Gasteiger partial charge in [0.2, 0.25) is 5.91 Å². The molecule has 0 bridgehead atoms. The van der Waals surface area contributed by atoms with Gasteiger partial charge in [-0.15, -0.1) is 13.2 Å². The highest BCUT2D eigenvalue weighted by molar-refractivity contribution is 6.00. The van der Waals surface area contributed by atoms with Gasteiger partial charge < -0.3 is 19.4 Å². The van der Waals surface area contributed by atoms with Gasteiger partial charge in [-0.1, -0.05) is 0 Å². The van der Waals surface area contributed by atoms with Crippen molar-refractivity contribution in [1.29, 1.82) is 0 Å². The quantitative estimate of drug-likeness (QED) is 0.720. The summed E-state index contributed by atoms with van der Waals surface area (Å²) in [7, 11) is 0. The largest absolute Gasteiger partial charge is 0.573 e. The van der Waals surface area contributed by atoms with E-state index in [1.807, 2.05) is 9.80 Å². The zero-order chi connectivity index (χ0) is 21.5. The van der Waals surface area contributed by atoms with Crippen molar-refractivity contribution in [2.45, 2.75) is 51.4 Å². The van der Waals surface area contributed by atoms with Crippen LogP contribution in [0.15, 0.2) is 24.3 Å². The Bertz CT molecular complexity index is 804. The summed E-state index contributed by atoms with van der Waals surface area (Å²) in [5.74, 6) is -0.316. The van der Waals surface area contributed by atoms with Crippen molar-refractivity contribution in [3.63, 3.8) is 0 Å². The van der Waals surface area contributed by atoms with Crippen molar-refractivity contribution in [2.75, 3.05) is 31.1 Å². The number of hydrogen-bond donors (Lipinski definition) is 0. The van der Waals surface area contributed by atoms with Crippen LogP contribution in [-0.2, 0) is 4.79 Å². The van der Waals surface area contributed by atoms with E-state index in [2.05, 4.69) is 11.7 Å². The topological polar surface area (TPSA) is 53.1 Å². The lowest BCUT2D eigenvalue weighted by Crippen LogP contribution is -2.51. The van der Waals surface area contributed by atoms with Gasteiger partial charge in [0.15, 0.2) is 0 Å². The molecule has 1 spiro atoms. The lowest BCUT2D eigenvalue weighted by molar-refractivity contribution is -0.274. The summed E-state index contributed by atoms with van der Waals surface area (Å²) in [4.78, 5) is 31.4. The molecule has 1 aromatic rings. The first-order valence-electron chi connectivity index (χ1n) is 10.4. The van der Waals surface area contributed by atoms with Gasteiger partial charge >= 0.3 is 12.4 Å². The number of nitrogens with zero attached hydrogens (tertiary/aromatic N) is 3. The fourth-order valence-corrected chi connectivity index (χ4v) is 4.88. The maximum absolute atomic E-state index is 13.2. The molecule has 3 heterocycles. The molecule has 1 aromatic carbocycles. The van der Waals surface area contributed by atoms with Crippen molar-refractivity contribution in [3.8, 4) is 5.75 Å². The lowest BCUT2D eigenvalue weighted by atomic mass is 9.77. The molecule has 4 rings (SSSR count). The van der Waals surface area contributed by atoms with E-state index in [-0.39, 0.29) is 23.7 Å². The molecular formula is C21H26F3N3O3. The molecular weight excluding hydrogens is 399 g/mol. The summed E-state index contributed by atoms with van der Waals surface area (Å²) in [5.41, 5.74) is 0.0740. The van der Waals surface area contributed by atoms with Gasteiger partial charge in [-0.25, -0.2) is 4.79 Å². The second-order valence-corrected chi connectivity index (χ2v) is 8.48. The Kier molecular flexibility index (Phi) is 5.32. The van der Waals surface area contributed by atoms with E-state index < -0.39 is 11.8 Å². The number of anilines is 1. The van der Waals surface area contributed by atoms with Gasteiger partial charge in [0.05, 0.1) is 5.41 Å². The van der Waals surface area contributed by atoms with E-state index >= 15 is 0 Å². The average molecular weight is 425 g/mol. The fraction of sp³-hybridized carbons (Fsp3) is 0.619. The number of piperidine rings is 1. The highest BCUT2D eigenvalue weighted by Gasteiger charge is 2.49. The van der Waals surface area contributed by atoms with Crippen LogP contribution in [0.1, 0.15) is 39.0 Å². The Morgan fingerprint density at radius 2 is 1.70 bits per heavy atom. The standard InChI is InChI=1S/C21H26F3N3O3/c1-15-3-2-11-26(15)19(29)25-12-8-20(9-13-25)10-14-27(18(20)28)16-4-6-17(7-5-16)30-21(22,23)24/h4-7,15H,2-3,8-14H2,1H3. The van der Waals surface area contributed by atoms with Gasteiger partial charge in [-0.3, -0.25) is 4.79 Å². The number of alkyl halides is 3. The number of urea groups is 1. The van der Waals surface area contributed by atoms with E-state index in [1.165, 1.54) is 24.3 Å². The van der Waals surface area contributed by atoms with Crippen molar-refractivity contribution in [3.05, 3.63) is 24.3 Å². The number of halogens is 3. The highest BCUT2D eigenvalue weighted by atomic mass is 19.4. The molecule has 0 aromatic heterocycles. The number of hydrogen-bond acceptors (Lipinski definition) is 3. The van der Waals surface area contributed by atoms with Crippen molar-refractivity contribution in [1.82, 2.24) is 9.80 Å². The van der Waals surface area contributed by atoms with Crippen LogP contribution in [0, 0.1) is 5.41 Å². The molecule has 1 atom stereocenters. The first kappa shape index (κ1) is 20.8. The Balaban J connectivity index is 1.38. The summed E-state index contributed by atoms with van der Waals surface area (Å²) < 4.78 is 40.9. The van der Waals surface area contributed by atoms with Crippen LogP contribution >= 0.6 is 0 Å². The minimum absolute atomic E-state index is 0.00590. The zero-order valence-corrected chi connectivity index (χ0v) is 17.0. The SMILES string of the molecule is CC1CCCN1C(=O)N1CCC2(CC1)CCN(c1ccc(OC(F)(F)F)cc1)C2=O. The van der Waals surface area contributed by atoms with Gasteiger partial charge in [0, 0.05) is 37.9 Å². The second-order valence-electron chi connectivity index (χ2n) is 8.48. The minimum Gasteiger partial charge on any atom is -0.406 e. The fourth-order valence-electron chi connectivity index (χ4n) is 4.88. The van der Waals surface area contributed by atoms with Crippen LogP contribution in [0.4, 0.5) is 23.7 Å². The van der Waals surface area contributed by atoms with E-state index in [0.29, 0.717) is 44.6 Å². The first-order chi connectivity index (χ1) is 14.2. The average Bonchev–Trinajstić information content (AvgIpc) is 3.26. The second kappa shape index (κ2) is 7.67. The van der Waals surface area contributed by atoms with Gasteiger partial charge in [-0.2, -0.15) is 0 Å². The number of carbonyl (C=O) groups excluding carboxylic acids is 2. The molecule has 3 aliphatic heterocycles. The number of ether oxygens (including phenoxy) is 1. The molecule has 9 heteroatoms. The predicted molar refractivity (Wildman–Crippen MR) is 104 cm³/mol. The third-order valence-corrected chi connectivity index (χ3v) is 6.68. The molecule has 0 N–H and O–H groups in total. The molecule has 3 saturated heterocycles. The van der Waals surface area contributed by atoms with Gasteiger partial charge in [0.1, 0.15) is 5.75 Å². The Hall–Kier alpha value is -2.45. The number of likely N-dealkylation sites (tertiary alicyclic amines) is 2. The maximum atomic E-state index is 13.2. The van der Waals surface area contributed by atoms with Crippen LogP contribution in [0.25, 0.3) is 0 Å². The number of benzene rings is 1. The van der Waals surface area contributed by atoms with Crippen LogP contribution in [0.3, 0.4) is 0 Å². The lowest BCUT2D eigenvalue weighted by Gasteiger charge is -2.40. The van der Waals surface area contributed by atoms with Crippen LogP contribution in [0.2, 0.25) is 0 Å². The number of carbonyl (C=O) groups is 2. The Labute approximate surface area is 173 Å². The summed E-state index contributed by atoms with van der Waals surface area (Å²) in [5, 5.41) is 0. The van der Waals surface area contributed by atoms with Crippen LogP contribution in [0.5, 0.6) is 5.75 Å². The molecule has 3 fully saturated rings. The Morgan fingerprint density at radius 1 is 1.07 bits per heavy atom. The minimum atomic E-state index is -4.74. The summed E-state index contributed by atoms with van der Waals surface area (Å²) in [6.07, 6.45) is -0.756.